The Bertz CT molecular complexity index is 344. The molecule has 90 valence electrons. The number of nitrogens with zero attached hydrogens (tertiary/aromatic N) is 1. The Kier molecular flexibility index (Phi) is 4.77. The predicted molar refractivity (Wildman–Crippen MR) is 70.8 cm³/mol. The third-order valence-electron chi connectivity index (χ3n) is 2.89. The monoisotopic (exact) mass is 286 g/mol. The molecule has 0 saturated carbocycles. The number of ether oxygens (including phenoxy) is 1. The number of likely N-dealkylation sites (N-methyl/N-ethyl adjacent to an activating group) is 1. The maximum Gasteiger partial charge on any atom is 0.133 e. The van der Waals surface area contributed by atoms with Crippen molar-refractivity contribution < 1.29 is 4.74 Å². The molecule has 0 aromatic heterocycles. The summed E-state index contributed by atoms with van der Waals surface area (Å²) in [6, 6.07) is 7.82. The minimum Gasteiger partial charge on any atom is -0.490 e. The molecule has 1 unspecified atom stereocenters. The zero-order valence-electron chi connectivity index (χ0n) is 10.0. The van der Waals surface area contributed by atoms with Crippen LogP contribution in [0.3, 0.4) is 0 Å². The first-order valence-corrected chi connectivity index (χ1v) is 6.04. The van der Waals surface area contributed by atoms with E-state index in [1.54, 1.807) is 0 Å². The maximum absolute atomic E-state index is 5.79. The van der Waals surface area contributed by atoms with Gasteiger partial charge in [0.05, 0.1) is 10.0 Å². The molecule has 3 nitrogen and oxygen atoms in total. The van der Waals surface area contributed by atoms with E-state index in [9.17, 15) is 0 Å². The molecule has 16 heavy (non-hydrogen) atoms. The first-order chi connectivity index (χ1) is 7.49. The molecule has 1 aromatic carbocycles. The summed E-state index contributed by atoms with van der Waals surface area (Å²) in [6.45, 7) is 3.22. The van der Waals surface area contributed by atoms with Crippen LogP contribution < -0.4 is 10.5 Å². The molecule has 2 N–H and O–H groups in total. The number of benzene rings is 1. The lowest BCUT2D eigenvalue weighted by Gasteiger charge is -2.35. The van der Waals surface area contributed by atoms with Crippen molar-refractivity contribution in [1.82, 2.24) is 4.90 Å². The van der Waals surface area contributed by atoms with Crippen LogP contribution in [0.15, 0.2) is 28.7 Å². The van der Waals surface area contributed by atoms with E-state index in [2.05, 4.69) is 27.8 Å². The van der Waals surface area contributed by atoms with Crippen molar-refractivity contribution >= 4 is 15.9 Å². The zero-order chi connectivity index (χ0) is 12.2. The summed E-state index contributed by atoms with van der Waals surface area (Å²) >= 11 is 3.45. The van der Waals surface area contributed by atoms with Crippen LogP contribution >= 0.6 is 15.9 Å². The molecule has 1 aromatic rings. The van der Waals surface area contributed by atoms with E-state index >= 15 is 0 Å². The van der Waals surface area contributed by atoms with Gasteiger partial charge in [0.25, 0.3) is 0 Å². The standard InChI is InChI=1S/C12H19BrN2O/c1-12(8-14,15(2)3)9-16-11-7-5-4-6-10(11)13/h4-7H,8-9,14H2,1-3H3. The lowest BCUT2D eigenvalue weighted by molar-refractivity contribution is 0.104. The lowest BCUT2D eigenvalue weighted by atomic mass is 10.0. The van der Waals surface area contributed by atoms with Gasteiger partial charge in [-0.2, -0.15) is 0 Å². The van der Waals surface area contributed by atoms with Gasteiger partial charge in [0.2, 0.25) is 0 Å². The Hall–Kier alpha value is -0.580. The highest BCUT2D eigenvalue weighted by Crippen LogP contribution is 2.25. The van der Waals surface area contributed by atoms with E-state index < -0.39 is 0 Å². The predicted octanol–water partition coefficient (Wildman–Crippen LogP) is 2.11. The first-order valence-electron chi connectivity index (χ1n) is 5.24. The van der Waals surface area contributed by atoms with Gasteiger partial charge < -0.3 is 10.5 Å². The highest BCUT2D eigenvalue weighted by molar-refractivity contribution is 9.10. The average Bonchev–Trinajstić information content (AvgIpc) is 2.27. The molecule has 0 aliphatic heterocycles. The Balaban J connectivity index is 2.67. The molecule has 0 radical (unpaired) electrons. The lowest BCUT2D eigenvalue weighted by Crippen LogP contribution is -2.52. The number of hydrogen-bond donors (Lipinski definition) is 1. The molecule has 4 heteroatoms. The third kappa shape index (κ3) is 3.20. The molecule has 1 atom stereocenters. The van der Waals surface area contributed by atoms with Crippen molar-refractivity contribution in [1.29, 1.82) is 0 Å². The van der Waals surface area contributed by atoms with Crippen LogP contribution in [0.2, 0.25) is 0 Å². The van der Waals surface area contributed by atoms with Gasteiger partial charge in [0, 0.05) is 6.54 Å². The van der Waals surface area contributed by atoms with Gasteiger partial charge in [0.15, 0.2) is 0 Å². The van der Waals surface area contributed by atoms with Crippen LogP contribution in [-0.4, -0.2) is 37.7 Å². The fraction of sp³-hybridized carbons (Fsp3) is 0.500. The van der Waals surface area contributed by atoms with Gasteiger partial charge in [-0.1, -0.05) is 12.1 Å². The van der Waals surface area contributed by atoms with Gasteiger partial charge in [0.1, 0.15) is 12.4 Å². The van der Waals surface area contributed by atoms with Crippen LogP contribution in [-0.2, 0) is 0 Å². The molecule has 0 fully saturated rings. The number of nitrogens with two attached hydrogens (primary N) is 1. The van der Waals surface area contributed by atoms with E-state index in [4.69, 9.17) is 10.5 Å². The minimum absolute atomic E-state index is 0.144. The van der Waals surface area contributed by atoms with Crippen molar-refractivity contribution in [3.05, 3.63) is 28.7 Å². The van der Waals surface area contributed by atoms with E-state index in [1.165, 1.54) is 0 Å². The van der Waals surface area contributed by atoms with E-state index in [-0.39, 0.29) is 5.54 Å². The smallest absolute Gasteiger partial charge is 0.133 e. The molecule has 0 heterocycles. The number of para-hydroxylation sites is 1. The Morgan fingerprint density at radius 3 is 2.50 bits per heavy atom. The van der Waals surface area contributed by atoms with Crippen molar-refractivity contribution in [3.8, 4) is 5.75 Å². The van der Waals surface area contributed by atoms with Crippen LogP contribution in [0.4, 0.5) is 0 Å². The summed E-state index contributed by atoms with van der Waals surface area (Å²) in [6.07, 6.45) is 0. The number of hydrogen-bond acceptors (Lipinski definition) is 3. The SMILES string of the molecule is CN(C)C(C)(CN)COc1ccccc1Br. The quantitative estimate of drug-likeness (QED) is 0.901. The third-order valence-corrected chi connectivity index (χ3v) is 3.55. The molecular formula is C12H19BrN2O. The van der Waals surface area contributed by atoms with Crippen LogP contribution in [0.25, 0.3) is 0 Å². The van der Waals surface area contributed by atoms with E-state index in [0.29, 0.717) is 13.2 Å². The second-order valence-electron chi connectivity index (χ2n) is 4.31. The summed E-state index contributed by atoms with van der Waals surface area (Å²) in [5.41, 5.74) is 5.63. The molecule has 0 spiro atoms. The molecular weight excluding hydrogens is 268 g/mol. The number of rotatable bonds is 5. The average molecular weight is 287 g/mol. The topological polar surface area (TPSA) is 38.5 Å². The van der Waals surface area contributed by atoms with Crippen LogP contribution in [0.5, 0.6) is 5.75 Å². The van der Waals surface area contributed by atoms with Crippen molar-refractivity contribution in [2.24, 2.45) is 5.73 Å². The Labute approximate surface area is 106 Å². The normalized spacial score (nSPS) is 14.9. The van der Waals surface area contributed by atoms with Crippen LogP contribution in [0, 0.1) is 0 Å². The minimum atomic E-state index is -0.144. The maximum atomic E-state index is 5.79. The zero-order valence-corrected chi connectivity index (χ0v) is 11.6. The second-order valence-corrected chi connectivity index (χ2v) is 5.17. The summed E-state index contributed by atoms with van der Waals surface area (Å²) < 4.78 is 6.75. The molecule has 0 aliphatic carbocycles. The van der Waals surface area contributed by atoms with Gasteiger partial charge in [-0.15, -0.1) is 0 Å². The molecule has 0 saturated heterocycles. The summed E-state index contributed by atoms with van der Waals surface area (Å²) in [5.74, 6) is 0.851. The fourth-order valence-electron chi connectivity index (χ4n) is 1.17. The summed E-state index contributed by atoms with van der Waals surface area (Å²) in [7, 11) is 4.02. The number of halogens is 1. The van der Waals surface area contributed by atoms with Crippen molar-refractivity contribution in [2.75, 3.05) is 27.2 Å². The van der Waals surface area contributed by atoms with Crippen molar-refractivity contribution in [2.45, 2.75) is 12.5 Å². The van der Waals surface area contributed by atoms with Gasteiger partial charge in [-0.25, -0.2) is 0 Å². The molecule has 0 amide bonds. The van der Waals surface area contributed by atoms with Gasteiger partial charge in [-0.05, 0) is 49.1 Å². The fourth-order valence-corrected chi connectivity index (χ4v) is 1.56. The van der Waals surface area contributed by atoms with E-state index in [1.807, 2.05) is 38.4 Å². The highest BCUT2D eigenvalue weighted by atomic mass is 79.9. The molecule has 0 bridgehead atoms. The largest absolute Gasteiger partial charge is 0.490 e. The summed E-state index contributed by atoms with van der Waals surface area (Å²) in [4.78, 5) is 2.09. The highest BCUT2D eigenvalue weighted by Gasteiger charge is 2.26. The van der Waals surface area contributed by atoms with Gasteiger partial charge in [-0.3, -0.25) is 4.90 Å². The van der Waals surface area contributed by atoms with Gasteiger partial charge >= 0.3 is 0 Å². The van der Waals surface area contributed by atoms with Crippen LogP contribution in [0.1, 0.15) is 6.92 Å². The van der Waals surface area contributed by atoms with E-state index in [0.717, 1.165) is 10.2 Å². The summed E-state index contributed by atoms with van der Waals surface area (Å²) in [5, 5.41) is 0. The molecule has 1 rings (SSSR count). The van der Waals surface area contributed by atoms with Crippen molar-refractivity contribution in [3.63, 3.8) is 0 Å². The second kappa shape index (κ2) is 5.66. The Morgan fingerprint density at radius 2 is 2.00 bits per heavy atom. The first kappa shape index (κ1) is 13.5. The Morgan fingerprint density at radius 1 is 1.38 bits per heavy atom. The molecule has 0 aliphatic rings.